The van der Waals surface area contributed by atoms with E-state index in [0.29, 0.717) is 15.6 Å². The third-order valence-electron chi connectivity index (χ3n) is 6.97. The van der Waals surface area contributed by atoms with Crippen LogP contribution in [-0.4, -0.2) is 32.1 Å². The highest BCUT2D eigenvalue weighted by molar-refractivity contribution is 6.43. The van der Waals surface area contributed by atoms with Gasteiger partial charge in [-0.25, -0.2) is 0 Å². The van der Waals surface area contributed by atoms with Gasteiger partial charge in [-0.1, -0.05) is 72.9 Å². The van der Waals surface area contributed by atoms with Crippen molar-refractivity contribution in [1.82, 2.24) is 0 Å². The van der Waals surface area contributed by atoms with Crippen LogP contribution in [0.4, 0.5) is 11.4 Å². The number of anilines is 2. The summed E-state index contributed by atoms with van der Waals surface area (Å²) in [5, 5.41) is 5.71. The SMILES string of the molecule is CCCCc1cc2cc3ccccc3cc2c(N2CCN(c3cccc(Cl)c3Cl)CC2)c1C(N)=O. The first kappa shape index (κ1) is 23.8. The molecule has 180 valence electrons. The Hall–Kier alpha value is -2.95. The molecule has 1 aliphatic rings. The Kier molecular flexibility index (Phi) is 6.77. The van der Waals surface area contributed by atoms with Crippen LogP contribution in [0.1, 0.15) is 35.7 Å². The van der Waals surface area contributed by atoms with Gasteiger partial charge >= 0.3 is 0 Å². The molecule has 0 bridgehead atoms. The summed E-state index contributed by atoms with van der Waals surface area (Å²) in [5.74, 6) is -0.360. The fourth-order valence-electron chi connectivity index (χ4n) is 5.20. The van der Waals surface area contributed by atoms with E-state index >= 15 is 0 Å². The zero-order valence-corrected chi connectivity index (χ0v) is 21.4. The molecule has 0 saturated carbocycles. The van der Waals surface area contributed by atoms with Gasteiger partial charge in [-0.2, -0.15) is 0 Å². The second kappa shape index (κ2) is 9.96. The maximum Gasteiger partial charge on any atom is 0.251 e. The van der Waals surface area contributed by atoms with Crippen molar-refractivity contribution in [2.45, 2.75) is 26.2 Å². The molecule has 1 heterocycles. The fourth-order valence-corrected chi connectivity index (χ4v) is 5.62. The number of nitrogens with two attached hydrogens (primary N) is 1. The molecule has 6 heteroatoms. The number of amides is 1. The van der Waals surface area contributed by atoms with E-state index in [0.717, 1.165) is 78.5 Å². The van der Waals surface area contributed by atoms with Gasteiger partial charge in [0.25, 0.3) is 5.91 Å². The van der Waals surface area contributed by atoms with Crippen LogP contribution < -0.4 is 15.5 Å². The maximum absolute atomic E-state index is 12.9. The minimum Gasteiger partial charge on any atom is -0.367 e. The minimum atomic E-state index is -0.360. The smallest absolute Gasteiger partial charge is 0.251 e. The largest absolute Gasteiger partial charge is 0.367 e. The molecule has 1 fully saturated rings. The maximum atomic E-state index is 12.9. The van der Waals surface area contributed by atoms with Crippen molar-refractivity contribution in [3.05, 3.63) is 81.8 Å². The number of hydrogen-bond donors (Lipinski definition) is 1. The predicted molar refractivity (Wildman–Crippen MR) is 149 cm³/mol. The van der Waals surface area contributed by atoms with Crippen molar-refractivity contribution >= 4 is 62.0 Å². The Labute approximate surface area is 216 Å². The van der Waals surface area contributed by atoms with E-state index in [-0.39, 0.29) is 5.91 Å². The normalized spacial score (nSPS) is 14.1. The number of fused-ring (bicyclic) bond motifs is 2. The molecule has 1 amide bonds. The molecule has 1 aliphatic heterocycles. The summed E-state index contributed by atoms with van der Waals surface area (Å²) in [4.78, 5) is 17.5. The van der Waals surface area contributed by atoms with Gasteiger partial charge in [-0.3, -0.25) is 4.79 Å². The number of aryl methyl sites for hydroxylation is 1. The zero-order chi connectivity index (χ0) is 24.5. The summed E-state index contributed by atoms with van der Waals surface area (Å²) in [6, 6.07) is 20.7. The first-order valence-corrected chi connectivity index (χ1v) is 13.0. The predicted octanol–water partition coefficient (Wildman–Crippen LogP) is 7.07. The lowest BCUT2D eigenvalue weighted by atomic mass is 9.92. The van der Waals surface area contributed by atoms with Crippen LogP contribution in [0.25, 0.3) is 21.5 Å². The van der Waals surface area contributed by atoms with Crippen molar-refractivity contribution in [3.8, 4) is 0 Å². The van der Waals surface area contributed by atoms with Crippen LogP contribution in [0.3, 0.4) is 0 Å². The highest BCUT2D eigenvalue weighted by atomic mass is 35.5. The monoisotopic (exact) mass is 505 g/mol. The molecular weight excluding hydrogens is 477 g/mol. The summed E-state index contributed by atoms with van der Waals surface area (Å²) in [5.41, 5.74) is 9.65. The van der Waals surface area contributed by atoms with Gasteiger partial charge in [0.05, 0.1) is 27.0 Å². The third kappa shape index (κ3) is 4.53. The molecule has 35 heavy (non-hydrogen) atoms. The Balaban J connectivity index is 1.61. The second-order valence-corrected chi connectivity index (χ2v) is 9.98. The van der Waals surface area contributed by atoms with Crippen molar-refractivity contribution in [3.63, 3.8) is 0 Å². The molecule has 1 saturated heterocycles. The van der Waals surface area contributed by atoms with E-state index in [2.05, 4.69) is 53.1 Å². The first-order valence-electron chi connectivity index (χ1n) is 12.2. The highest BCUT2D eigenvalue weighted by Gasteiger charge is 2.26. The quantitative estimate of drug-likeness (QED) is 0.285. The van der Waals surface area contributed by atoms with Gasteiger partial charge in [0.1, 0.15) is 0 Å². The van der Waals surface area contributed by atoms with E-state index in [1.54, 1.807) is 6.07 Å². The molecule has 2 N–H and O–H groups in total. The van der Waals surface area contributed by atoms with E-state index < -0.39 is 0 Å². The number of carbonyl (C=O) groups is 1. The molecule has 5 rings (SSSR count). The molecule has 4 aromatic carbocycles. The molecule has 4 aromatic rings. The molecule has 0 aliphatic carbocycles. The minimum absolute atomic E-state index is 0.360. The number of unbranched alkanes of at least 4 members (excludes halogenated alkanes) is 1. The Morgan fingerprint density at radius 1 is 0.886 bits per heavy atom. The van der Waals surface area contributed by atoms with Crippen LogP contribution >= 0.6 is 23.2 Å². The lowest BCUT2D eigenvalue weighted by Crippen LogP contribution is -2.47. The molecule has 0 atom stereocenters. The van der Waals surface area contributed by atoms with Crippen LogP contribution in [-0.2, 0) is 6.42 Å². The van der Waals surface area contributed by atoms with Crippen LogP contribution in [0.15, 0.2) is 60.7 Å². The lowest BCUT2D eigenvalue weighted by Gasteiger charge is -2.39. The van der Waals surface area contributed by atoms with Gasteiger partial charge in [0.2, 0.25) is 0 Å². The van der Waals surface area contributed by atoms with Crippen molar-refractivity contribution < 1.29 is 4.79 Å². The highest BCUT2D eigenvalue weighted by Crippen LogP contribution is 2.38. The van der Waals surface area contributed by atoms with E-state index in [9.17, 15) is 4.79 Å². The third-order valence-corrected chi connectivity index (χ3v) is 7.78. The van der Waals surface area contributed by atoms with Gasteiger partial charge in [0, 0.05) is 31.6 Å². The Morgan fingerprint density at radius 2 is 1.57 bits per heavy atom. The molecule has 4 nitrogen and oxygen atoms in total. The first-order chi connectivity index (χ1) is 17.0. The fraction of sp³-hybridized carbons (Fsp3) is 0.276. The lowest BCUT2D eigenvalue weighted by molar-refractivity contribution is 0.1000. The van der Waals surface area contributed by atoms with Crippen molar-refractivity contribution in [2.75, 3.05) is 36.0 Å². The molecule has 0 spiro atoms. The van der Waals surface area contributed by atoms with Crippen LogP contribution in [0, 0.1) is 0 Å². The number of rotatable bonds is 6. The summed E-state index contributed by atoms with van der Waals surface area (Å²) < 4.78 is 0. The number of halogens is 2. The number of hydrogen-bond acceptors (Lipinski definition) is 3. The summed E-state index contributed by atoms with van der Waals surface area (Å²) in [7, 11) is 0. The zero-order valence-electron chi connectivity index (χ0n) is 19.9. The number of carbonyl (C=O) groups excluding carboxylic acids is 1. The summed E-state index contributed by atoms with van der Waals surface area (Å²) >= 11 is 12.8. The van der Waals surface area contributed by atoms with E-state index in [1.807, 2.05) is 18.2 Å². The molecule has 0 radical (unpaired) electrons. The topological polar surface area (TPSA) is 49.6 Å². The number of piperazine rings is 1. The number of nitrogens with zero attached hydrogens (tertiary/aromatic N) is 2. The average Bonchev–Trinajstić information content (AvgIpc) is 2.87. The Bertz CT molecular complexity index is 1410. The van der Waals surface area contributed by atoms with Crippen molar-refractivity contribution in [2.24, 2.45) is 5.73 Å². The summed E-state index contributed by atoms with van der Waals surface area (Å²) in [6.07, 6.45) is 2.91. The second-order valence-electron chi connectivity index (χ2n) is 9.19. The van der Waals surface area contributed by atoms with Gasteiger partial charge in [-0.05, 0) is 58.8 Å². The molecular formula is C29H29Cl2N3O. The van der Waals surface area contributed by atoms with Crippen molar-refractivity contribution in [1.29, 1.82) is 0 Å². The average molecular weight is 506 g/mol. The van der Waals surface area contributed by atoms with E-state index in [1.165, 1.54) is 5.39 Å². The standard InChI is InChI=1S/C29H29Cl2N3O/c1-2-3-7-21-17-22-16-19-8-4-5-9-20(19)18-23(22)28(26(21)29(32)35)34-14-12-33(13-15-34)25-11-6-10-24(30)27(25)31/h4-6,8-11,16-18H,2-3,7,12-15H2,1H3,(H2,32,35). The Morgan fingerprint density at radius 3 is 2.26 bits per heavy atom. The molecule has 0 aromatic heterocycles. The van der Waals surface area contributed by atoms with E-state index in [4.69, 9.17) is 28.9 Å². The summed E-state index contributed by atoms with van der Waals surface area (Å²) in [6.45, 7) is 5.21. The van der Waals surface area contributed by atoms with Gasteiger partial charge < -0.3 is 15.5 Å². The number of benzene rings is 4. The van der Waals surface area contributed by atoms with Crippen LogP contribution in [0.2, 0.25) is 10.0 Å². The van der Waals surface area contributed by atoms with Gasteiger partial charge in [-0.15, -0.1) is 0 Å². The van der Waals surface area contributed by atoms with Gasteiger partial charge in [0.15, 0.2) is 0 Å². The van der Waals surface area contributed by atoms with Crippen LogP contribution in [0.5, 0.6) is 0 Å². The molecule has 0 unspecified atom stereocenters. The number of primary amides is 1.